The van der Waals surface area contributed by atoms with Gasteiger partial charge in [0.05, 0.1) is 0 Å². The molecule has 0 spiro atoms. The van der Waals surface area contributed by atoms with Crippen LogP contribution in [0, 0.1) is 0 Å². The topological polar surface area (TPSA) is 0 Å². The molecule has 0 amide bonds. The third-order valence-corrected chi connectivity index (χ3v) is 1.02. The number of hydrogen-bond donors (Lipinski definition) is 0. The summed E-state index contributed by atoms with van der Waals surface area (Å²) in [5, 5.41) is 2.08. The second-order valence-electron chi connectivity index (χ2n) is 1.82. The molecule has 0 aliphatic heterocycles. The Morgan fingerprint density at radius 3 is 1.00 bits per heavy atom. The van der Waals surface area contributed by atoms with E-state index >= 15 is 0 Å². The molecule has 0 aromatic heterocycles. The summed E-state index contributed by atoms with van der Waals surface area (Å²) in [5.41, 5.74) is 0. The number of benzene rings is 1. The van der Waals surface area contributed by atoms with Gasteiger partial charge in [-0.1, -0.05) is 65.1 Å². The van der Waals surface area contributed by atoms with Gasteiger partial charge in [0.25, 0.3) is 0 Å². The normalized spacial score (nSPS) is 7.00. The molecule has 0 nitrogen and oxygen atoms in total. The Balaban J connectivity index is 0. The highest BCUT2D eigenvalue weighted by molar-refractivity contribution is 5.13. The van der Waals surface area contributed by atoms with E-state index in [1.807, 2.05) is 52.0 Å². The van der Waals surface area contributed by atoms with Crippen molar-refractivity contribution in [1.29, 1.82) is 0 Å². The molecular formula is C12H20. The molecule has 0 fully saturated rings. The quantitative estimate of drug-likeness (QED) is 0.553. The van der Waals surface area contributed by atoms with Crippen molar-refractivity contribution in [2.45, 2.75) is 27.7 Å². The Bertz CT molecular complexity index is 207. The second kappa shape index (κ2) is 9.96. The van der Waals surface area contributed by atoms with Crippen molar-refractivity contribution in [2.24, 2.45) is 0 Å². The van der Waals surface area contributed by atoms with E-state index in [0.29, 0.717) is 0 Å². The van der Waals surface area contributed by atoms with Gasteiger partial charge in [0.2, 0.25) is 0 Å². The second-order valence-corrected chi connectivity index (χ2v) is 1.82. The molecule has 1 aromatic carbocycles. The molecule has 0 unspecified atom stereocenters. The van der Waals surface area contributed by atoms with Gasteiger partial charge in [-0.15, -0.1) is 0 Å². The van der Waals surface area contributed by atoms with Crippen LogP contribution in [0.25, 0.3) is 13.2 Å². The molecule has 0 N–H and O–H groups in total. The van der Waals surface area contributed by atoms with Crippen molar-refractivity contribution in [3.8, 4) is 0 Å². The SMILES string of the molecule is C=c1ccc(=C)cc1.CC.CC. The van der Waals surface area contributed by atoms with E-state index in [9.17, 15) is 0 Å². The highest BCUT2D eigenvalue weighted by Gasteiger charge is 1.69. The van der Waals surface area contributed by atoms with Crippen LogP contribution in [-0.2, 0) is 0 Å². The zero-order chi connectivity index (χ0) is 9.98. The van der Waals surface area contributed by atoms with E-state index in [1.165, 1.54) is 0 Å². The molecule has 0 aliphatic carbocycles. The van der Waals surface area contributed by atoms with Crippen LogP contribution in [0.4, 0.5) is 0 Å². The lowest BCUT2D eigenvalue weighted by Gasteiger charge is -1.78. The maximum Gasteiger partial charge on any atom is -0.0328 e. The smallest absolute Gasteiger partial charge is 0.0328 e. The minimum atomic E-state index is 1.04. The first-order chi connectivity index (χ1) is 5.79. The lowest BCUT2D eigenvalue weighted by molar-refractivity contribution is 1.50. The average molecular weight is 164 g/mol. The van der Waals surface area contributed by atoms with Gasteiger partial charge in [-0.3, -0.25) is 0 Å². The van der Waals surface area contributed by atoms with Crippen LogP contribution in [0.1, 0.15) is 27.7 Å². The molecule has 0 saturated heterocycles. The fourth-order valence-electron chi connectivity index (χ4n) is 0.539. The first-order valence-electron chi connectivity index (χ1n) is 4.53. The Morgan fingerprint density at radius 2 is 0.833 bits per heavy atom. The van der Waals surface area contributed by atoms with E-state index in [4.69, 9.17) is 0 Å². The molecule has 0 heterocycles. The van der Waals surface area contributed by atoms with Crippen molar-refractivity contribution in [3.63, 3.8) is 0 Å². The Kier molecular flexibility index (Phi) is 11.2. The molecule has 12 heavy (non-hydrogen) atoms. The van der Waals surface area contributed by atoms with Gasteiger partial charge in [0.15, 0.2) is 0 Å². The maximum atomic E-state index is 3.73. The van der Waals surface area contributed by atoms with Gasteiger partial charge < -0.3 is 0 Å². The van der Waals surface area contributed by atoms with Crippen LogP contribution in [0.3, 0.4) is 0 Å². The van der Waals surface area contributed by atoms with E-state index in [2.05, 4.69) is 13.2 Å². The Labute approximate surface area is 76.3 Å². The van der Waals surface area contributed by atoms with Crippen LogP contribution < -0.4 is 10.4 Å². The van der Waals surface area contributed by atoms with E-state index in [1.54, 1.807) is 0 Å². The minimum absolute atomic E-state index is 1.04. The molecular weight excluding hydrogens is 144 g/mol. The molecule has 1 rings (SSSR count). The molecule has 0 bridgehead atoms. The van der Waals surface area contributed by atoms with Crippen molar-refractivity contribution in [1.82, 2.24) is 0 Å². The van der Waals surface area contributed by atoms with Gasteiger partial charge in [0.1, 0.15) is 0 Å². The monoisotopic (exact) mass is 164 g/mol. The summed E-state index contributed by atoms with van der Waals surface area (Å²) in [6, 6.07) is 7.79. The van der Waals surface area contributed by atoms with Crippen LogP contribution in [0.5, 0.6) is 0 Å². The van der Waals surface area contributed by atoms with E-state index < -0.39 is 0 Å². The molecule has 68 valence electrons. The Morgan fingerprint density at radius 1 is 0.667 bits per heavy atom. The van der Waals surface area contributed by atoms with Gasteiger partial charge in [-0.25, -0.2) is 0 Å². The molecule has 0 saturated carbocycles. The van der Waals surface area contributed by atoms with Gasteiger partial charge in [-0.05, 0) is 10.4 Å². The van der Waals surface area contributed by atoms with Crippen LogP contribution in [-0.4, -0.2) is 0 Å². The zero-order valence-corrected chi connectivity index (χ0v) is 8.72. The lowest BCUT2D eigenvalue weighted by atomic mass is 10.3. The van der Waals surface area contributed by atoms with E-state index in [-0.39, 0.29) is 0 Å². The Hall–Kier alpha value is -1.04. The van der Waals surface area contributed by atoms with Crippen LogP contribution in [0.2, 0.25) is 0 Å². The molecule has 0 aliphatic rings. The minimum Gasteiger partial charge on any atom is -0.0918 e. The first-order valence-corrected chi connectivity index (χ1v) is 4.53. The molecule has 1 aromatic rings. The zero-order valence-electron chi connectivity index (χ0n) is 8.72. The number of rotatable bonds is 0. The predicted octanol–water partition coefficient (Wildman–Crippen LogP) is 2.56. The third kappa shape index (κ3) is 7.07. The third-order valence-electron chi connectivity index (χ3n) is 1.02. The lowest BCUT2D eigenvalue weighted by Crippen LogP contribution is -2.02. The fraction of sp³-hybridized carbons (Fsp3) is 0.333. The van der Waals surface area contributed by atoms with Gasteiger partial charge in [-0.2, -0.15) is 0 Å². The summed E-state index contributed by atoms with van der Waals surface area (Å²) in [6.07, 6.45) is 0. The molecule has 0 heteroatoms. The highest BCUT2D eigenvalue weighted by Crippen LogP contribution is 1.62. The molecule has 0 radical (unpaired) electrons. The number of hydrogen-bond acceptors (Lipinski definition) is 0. The fourth-order valence-corrected chi connectivity index (χ4v) is 0.539. The average Bonchev–Trinajstić information content (AvgIpc) is 2.17. The summed E-state index contributed by atoms with van der Waals surface area (Å²) < 4.78 is 0. The highest BCUT2D eigenvalue weighted by atomic mass is 13.8. The summed E-state index contributed by atoms with van der Waals surface area (Å²) in [5.74, 6) is 0. The predicted molar refractivity (Wildman–Crippen MR) is 59.4 cm³/mol. The van der Waals surface area contributed by atoms with Crippen molar-refractivity contribution < 1.29 is 0 Å². The van der Waals surface area contributed by atoms with Gasteiger partial charge in [0, 0.05) is 0 Å². The van der Waals surface area contributed by atoms with Crippen LogP contribution in [0.15, 0.2) is 24.3 Å². The molecule has 0 atom stereocenters. The maximum absolute atomic E-state index is 3.73. The standard InChI is InChI=1S/C8H8.2C2H6/c1-7-3-5-8(2)6-4-7;2*1-2/h3-6H,1-2H2;2*1-2H3. The summed E-state index contributed by atoms with van der Waals surface area (Å²) in [4.78, 5) is 0. The van der Waals surface area contributed by atoms with Crippen molar-refractivity contribution in [3.05, 3.63) is 34.7 Å². The summed E-state index contributed by atoms with van der Waals surface area (Å²) >= 11 is 0. The van der Waals surface area contributed by atoms with Crippen LogP contribution >= 0.6 is 0 Å². The summed E-state index contributed by atoms with van der Waals surface area (Å²) in [6.45, 7) is 15.5. The first kappa shape index (κ1) is 13.5. The largest absolute Gasteiger partial charge is 0.0918 e. The van der Waals surface area contributed by atoms with E-state index in [0.717, 1.165) is 10.4 Å². The summed E-state index contributed by atoms with van der Waals surface area (Å²) in [7, 11) is 0. The van der Waals surface area contributed by atoms with Gasteiger partial charge >= 0.3 is 0 Å². The van der Waals surface area contributed by atoms with Crippen molar-refractivity contribution >= 4 is 13.2 Å². The van der Waals surface area contributed by atoms with Crippen molar-refractivity contribution in [2.75, 3.05) is 0 Å².